The van der Waals surface area contributed by atoms with E-state index in [0.29, 0.717) is 35.0 Å². The van der Waals surface area contributed by atoms with Crippen LogP contribution in [0.2, 0.25) is 0 Å². The van der Waals surface area contributed by atoms with E-state index >= 15 is 0 Å². The molecule has 0 saturated heterocycles. The van der Waals surface area contributed by atoms with E-state index in [4.69, 9.17) is 9.47 Å². The fourth-order valence-corrected chi connectivity index (χ4v) is 4.51. The Morgan fingerprint density at radius 1 is 0.786 bits per heavy atom. The normalized spacial score (nSPS) is 10.9. The summed E-state index contributed by atoms with van der Waals surface area (Å²) in [5.41, 5.74) is 2.43. The van der Waals surface area contributed by atoms with Gasteiger partial charge in [0, 0.05) is 27.9 Å². The molecule has 3 N–H and O–H groups in total. The van der Waals surface area contributed by atoms with E-state index in [-0.39, 0.29) is 17.4 Å². The van der Waals surface area contributed by atoms with E-state index < -0.39 is 11.8 Å². The van der Waals surface area contributed by atoms with Gasteiger partial charge in [-0.1, -0.05) is 36.4 Å². The third-order valence-electron chi connectivity index (χ3n) is 5.87. The summed E-state index contributed by atoms with van der Waals surface area (Å²) < 4.78 is 10.7. The molecule has 0 aliphatic carbocycles. The Balaban J connectivity index is 1.40. The van der Waals surface area contributed by atoms with Crippen LogP contribution in [0, 0.1) is 0 Å². The molecule has 9 heteroatoms. The molecule has 214 valence electrons. The number of thioether (sulfide) groups is 1. The van der Waals surface area contributed by atoms with Crippen molar-refractivity contribution in [1.82, 2.24) is 5.32 Å². The second kappa shape index (κ2) is 15.1. The summed E-state index contributed by atoms with van der Waals surface area (Å²) >= 11 is 1.37. The number of anilines is 2. The lowest BCUT2D eigenvalue weighted by Crippen LogP contribution is -2.30. The van der Waals surface area contributed by atoms with Crippen LogP contribution in [-0.2, 0) is 9.59 Å². The zero-order valence-corrected chi connectivity index (χ0v) is 24.1. The minimum Gasteiger partial charge on any atom is -0.497 e. The van der Waals surface area contributed by atoms with Crippen molar-refractivity contribution in [2.24, 2.45) is 0 Å². The maximum atomic E-state index is 13.3. The monoisotopic (exact) mass is 581 g/mol. The number of hydrogen-bond donors (Lipinski definition) is 3. The van der Waals surface area contributed by atoms with Gasteiger partial charge in [-0.05, 0) is 79.2 Å². The van der Waals surface area contributed by atoms with Gasteiger partial charge in [-0.25, -0.2) is 0 Å². The van der Waals surface area contributed by atoms with Crippen LogP contribution in [0.4, 0.5) is 11.4 Å². The molecule has 42 heavy (non-hydrogen) atoms. The van der Waals surface area contributed by atoms with E-state index in [0.717, 1.165) is 10.5 Å². The number of hydrogen-bond acceptors (Lipinski definition) is 6. The SMILES string of the molecule is CCOc1ccc(/C=C(\NC(=O)c2ccccc2)C(=O)Nc2ccc(SCC(=O)Nc3cccc(OC)c3)cc2)cc1. The molecular formula is C33H31N3O5S. The van der Waals surface area contributed by atoms with Crippen molar-refractivity contribution in [3.63, 3.8) is 0 Å². The lowest BCUT2D eigenvalue weighted by Gasteiger charge is -2.12. The van der Waals surface area contributed by atoms with Gasteiger partial charge in [0.25, 0.3) is 11.8 Å². The average molecular weight is 582 g/mol. The van der Waals surface area contributed by atoms with Gasteiger partial charge in [-0.2, -0.15) is 0 Å². The topological polar surface area (TPSA) is 106 Å². The van der Waals surface area contributed by atoms with Gasteiger partial charge in [0.1, 0.15) is 17.2 Å². The predicted molar refractivity (Wildman–Crippen MR) is 167 cm³/mol. The number of carbonyl (C=O) groups is 3. The van der Waals surface area contributed by atoms with Gasteiger partial charge in [-0.15, -0.1) is 11.8 Å². The van der Waals surface area contributed by atoms with Gasteiger partial charge in [-0.3, -0.25) is 14.4 Å². The Kier molecular flexibility index (Phi) is 10.8. The largest absolute Gasteiger partial charge is 0.497 e. The number of carbonyl (C=O) groups excluding carboxylic acids is 3. The van der Waals surface area contributed by atoms with Crippen molar-refractivity contribution in [2.45, 2.75) is 11.8 Å². The Bertz CT molecular complexity index is 1540. The molecule has 4 rings (SSSR count). The molecule has 0 fully saturated rings. The minimum absolute atomic E-state index is 0.0840. The predicted octanol–water partition coefficient (Wildman–Crippen LogP) is 6.23. The van der Waals surface area contributed by atoms with Crippen molar-refractivity contribution in [3.8, 4) is 11.5 Å². The Hall–Kier alpha value is -5.02. The van der Waals surface area contributed by atoms with Crippen LogP contribution < -0.4 is 25.4 Å². The van der Waals surface area contributed by atoms with Crippen LogP contribution in [0.5, 0.6) is 11.5 Å². The van der Waals surface area contributed by atoms with Crippen molar-refractivity contribution < 1.29 is 23.9 Å². The van der Waals surface area contributed by atoms with Crippen molar-refractivity contribution in [3.05, 3.63) is 120 Å². The maximum Gasteiger partial charge on any atom is 0.272 e. The number of ether oxygens (including phenoxy) is 2. The molecule has 4 aromatic rings. The molecule has 0 aliphatic heterocycles. The highest BCUT2D eigenvalue weighted by Gasteiger charge is 2.15. The lowest BCUT2D eigenvalue weighted by atomic mass is 10.1. The third kappa shape index (κ3) is 9.00. The number of amides is 3. The molecular weight excluding hydrogens is 550 g/mol. The van der Waals surface area contributed by atoms with Gasteiger partial charge in [0.15, 0.2) is 0 Å². The van der Waals surface area contributed by atoms with Crippen LogP contribution in [0.15, 0.2) is 114 Å². The molecule has 0 aliphatic rings. The highest BCUT2D eigenvalue weighted by molar-refractivity contribution is 8.00. The second-order valence-electron chi connectivity index (χ2n) is 8.93. The summed E-state index contributed by atoms with van der Waals surface area (Å²) in [7, 11) is 1.57. The summed E-state index contributed by atoms with van der Waals surface area (Å²) in [6.07, 6.45) is 1.61. The molecule has 0 heterocycles. The Morgan fingerprint density at radius 3 is 2.21 bits per heavy atom. The van der Waals surface area contributed by atoms with E-state index in [1.54, 1.807) is 86.0 Å². The van der Waals surface area contributed by atoms with Gasteiger partial charge < -0.3 is 25.4 Å². The lowest BCUT2D eigenvalue weighted by molar-refractivity contribution is -0.114. The fraction of sp³-hybridized carbons (Fsp3) is 0.121. The first kappa shape index (κ1) is 30.0. The van der Waals surface area contributed by atoms with Crippen LogP contribution in [0.25, 0.3) is 6.08 Å². The van der Waals surface area contributed by atoms with E-state index in [1.165, 1.54) is 11.8 Å². The summed E-state index contributed by atoms with van der Waals surface area (Å²) in [5, 5.41) is 8.42. The molecule has 8 nitrogen and oxygen atoms in total. The van der Waals surface area contributed by atoms with Crippen LogP contribution >= 0.6 is 11.8 Å². The van der Waals surface area contributed by atoms with Crippen molar-refractivity contribution in [1.29, 1.82) is 0 Å². The van der Waals surface area contributed by atoms with E-state index in [1.807, 2.05) is 37.3 Å². The quantitative estimate of drug-likeness (QED) is 0.135. The highest BCUT2D eigenvalue weighted by Crippen LogP contribution is 2.22. The van der Waals surface area contributed by atoms with Crippen molar-refractivity contribution in [2.75, 3.05) is 30.1 Å². The molecule has 0 bridgehead atoms. The van der Waals surface area contributed by atoms with Crippen molar-refractivity contribution >= 4 is 46.9 Å². The zero-order valence-electron chi connectivity index (χ0n) is 23.3. The maximum absolute atomic E-state index is 13.3. The van der Waals surface area contributed by atoms with E-state index in [2.05, 4.69) is 16.0 Å². The molecule has 0 unspecified atom stereocenters. The number of methoxy groups -OCH3 is 1. The van der Waals surface area contributed by atoms with Crippen LogP contribution in [-0.4, -0.2) is 37.2 Å². The zero-order chi connectivity index (χ0) is 29.7. The first-order valence-electron chi connectivity index (χ1n) is 13.2. The third-order valence-corrected chi connectivity index (χ3v) is 6.88. The molecule has 0 atom stereocenters. The Labute approximate surface area is 249 Å². The minimum atomic E-state index is -0.480. The standard InChI is InChI=1S/C33H31N3O5S/c1-3-41-27-16-12-23(13-17-27)20-30(36-32(38)24-8-5-4-6-9-24)33(39)35-25-14-18-29(19-15-25)42-22-31(37)34-26-10-7-11-28(21-26)40-2/h4-21H,3,22H2,1-2H3,(H,34,37)(H,35,39)(H,36,38)/b30-20-. The summed E-state index contributed by atoms with van der Waals surface area (Å²) in [4.78, 5) is 39.4. The van der Waals surface area contributed by atoms with Gasteiger partial charge >= 0.3 is 0 Å². The molecule has 3 amide bonds. The first-order chi connectivity index (χ1) is 20.4. The first-order valence-corrected chi connectivity index (χ1v) is 14.2. The molecule has 0 aromatic heterocycles. The molecule has 4 aromatic carbocycles. The smallest absolute Gasteiger partial charge is 0.272 e. The Morgan fingerprint density at radius 2 is 1.52 bits per heavy atom. The van der Waals surface area contributed by atoms with Gasteiger partial charge in [0.05, 0.1) is 19.5 Å². The van der Waals surface area contributed by atoms with Crippen LogP contribution in [0.1, 0.15) is 22.8 Å². The number of nitrogens with one attached hydrogen (secondary N) is 3. The second-order valence-corrected chi connectivity index (χ2v) is 9.98. The number of benzene rings is 4. The van der Waals surface area contributed by atoms with Crippen LogP contribution in [0.3, 0.4) is 0 Å². The van der Waals surface area contributed by atoms with E-state index in [9.17, 15) is 14.4 Å². The molecule has 0 radical (unpaired) electrons. The fourth-order valence-electron chi connectivity index (χ4n) is 3.82. The summed E-state index contributed by atoms with van der Waals surface area (Å²) in [5.74, 6) is 0.556. The summed E-state index contributed by atoms with van der Waals surface area (Å²) in [6.45, 7) is 2.45. The molecule has 0 spiro atoms. The van der Waals surface area contributed by atoms with Gasteiger partial charge in [0.2, 0.25) is 5.91 Å². The number of rotatable bonds is 12. The molecule has 0 saturated carbocycles. The summed E-state index contributed by atoms with van der Waals surface area (Å²) in [6, 6.07) is 30.2. The average Bonchev–Trinajstić information content (AvgIpc) is 3.02. The highest BCUT2D eigenvalue weighted by atomic mass is 32.2.